The van der Waals surface area contributed by atoms with Gasteiger partial charge in [0.15, 0.2) is 0 Å². The average molecular weight is 309 g/mol. The van der Waals surface area contributed by atoms with Gasteiger partial charge in [-0.25, -0.2) is 9.97 Å². The molecule has 1 aliphatic heterocycles. The van der Waals surface area contributed by atoms with Crippen molar-refractivity contribution in [3.63, 3.8) is 0 Å². The van der Waals surface area contributed by atoms with Gasteiger partial charge in [0, 0.05) is 24.9 Å². The third kappa shape index (κ3) is 4.18. The molecular weight excluding hydrogens is 290 g/mol. The molecule has 1 unspecified atom stereocenters. The number of aromatic nitrogens is 2. The van der Waals surface area contributed by atoms with E-state index < -0.39 is 0 Å². The first-order chi connectivity index (χ1) is 11.2. The van der Waals surface area contributed by atoms with Crippen molar-refractivity contribution in [3.05, 3.63) is 41.7 Å². The van der Waals surface area contributed by atoms with E-state index in [0.717, 1.165) is 43.3 Å². The number of benzene rings is 1. The maximum absolute atomic E-state index is 8.83. The van der Waals surface area contributed by atoms with Crippen LogP contribution in [0, 0.1) is 18.3 Å². The van der Waals surface area contributed by atoms with E-state index in [1.807, 2.05) is 25.1 Å². The van der Waals surface area contributed by atoms with Crippen LogP contribution >= 0.6 is 0 Å². The molecule has 1 aliphatic rings. The zero-order valence-corrected chi connectivity index (χ0v) is 13.0. The van der Waals surface area contributed by atoms with Crippen LogP contribution in [0.4, 0.5) is 17.3 Å². The quantitative estimate of drug-likeness (QED) is 0.883. The second kappa shape index (κ2) is 7.07. The lowest BCUT2D eigenvalue weighted by Gasteiger charge is -2.13. The molecule has 0 aliphatic carbocycles. The van der Waals surface area contributed by atoms with Gasteiger partial charge in [0.1, 0.15) is 17.5 Å². The Labute approximate surface area is 135 Å². The van der Waals surface area contributed by atoms with Crippen molar-refractivity contribution in [2.45, 2.75) is 25.9 Å². The summed E-state index contributed by atoms with van der Waals surface area (Å²) in [7, 11) is 0. The normalized spacial score (nSPS) is 16.8. The van der Waals surface area contributed by atoms with Crippen LogP contribution in [0.3, 0.4) is 0 Å². The minimum Gasteiger partial charge on any atom is -0.376 e. The molecule has 0 radical (unpaired) electrons. The average Bonchev–Trinajstić information content (AvgIpc) is 3.07. The summed E-state index contributed by atoms with van der Waals surface area (Å²) in [4.78, 5) is 8.80. The number of nitriles is 1. The van der Waals surface area contributed by atoms with Crippen LogP contribution in [-0.4, -0.2) is 29.2 Å². The van der Waals surface area contributed by atoms with Crippen molar-refractivity contribution in [3.8, 4) is 6.07 Å². The molecule has 2 aromatic rings. The topological polar surface area (TPSA) is 82.9 Å². The van der Waals surface area contributed by atoms with Crippen LogP contribution in [0.1, 0.15) is 24.2 Å². The molecule has 2 N–H and O–H groups in total. The lowest BCUT2D eigenvalue weighted by molar-refractivity contribution is 0.120. The number of rotatable bonds is 5. The van der Waals surface area contributed by atoms with E-state index in [1.165, 1.54) is 0 Å². The molecule has 1 atom stereocenters. The molecule has 6 heteroatoms. The van der Waals surface area contributed by atoms with Crippen molar-refractivity contribution >= 4 is 17.3 Å². The Bertz CT molecular complexity index is 702. The third-order valence-electron chi connectivity index (χ3n) is 3.66. The fourth-order valence-electron chi connectivity index (χ4n) is 2.52. The molecule has 118 valence electrons. The predicted molar refractivity (Wildman–Crippen MR) is 88.7 cm³/mol. The van der Waals surface area contributed by atoms with Crippen molar-refractivity contribution < 1.29 is 4.74 Å². The lowest BCUT2D eigenvalue weighted by atomic mass is 10.2. The highest BCUT2D eigenvalue weighted by molar-refractivity contribution is 5.60. The first-order valence-corrected chi connectivity index (χ1v) is 7.71. The summed E-state index contributed by atoms with van der Waals surface area (Å²) in [6.45, 7) is 3.47. The zero-order chi connectivity index (χ0) is 16.1. The fraction of sp³-hybridized carbons (Fsp3) is 0.353. The minimum atomic E-state index is 0.264. The standard InChI is InChI=1S/C17H19N5O/c1-12-20-16(19-11-15-3-2-8-23-15)9-17(21-12)22-14-6-4-13(10-18)5-7-14/h4-7,9,15H,2-3,8,11H2,1H3,(H2,19,20,21,22). The Morgan fingerprint density at radius 2 is 2.04 bits per heavy atom. The van der Waals surface area contributed by atoms with Crippen molar-refractivity contribution in [2.24, 2.45) is 0 Å². The Balaban J connectivity index is 1.67. The summed E-state index contributed by atoms with van der Waals surface area (Å²) in [6, 6.07) is 11.2. The summed E-state index contributed by atoms with van der Waals surface area (Å²) in [5.74, 6) is 2.19. The van der Waals surface area contributed by atoms with Gasteiger partial charge in [-0.15, -0.1) is 0 Å². The summed E-state index contributed by atoms with van der Waals surface area (Å²) in [5, 5.41) is 15.4. The predicted octanol–water partition coefficient (Wildman–Crippen LogP) is 2.99. The fourth-order valence-corrected chi connectivity index (χ4v) is 2.52. The maximum atomic E-state index is 8.83. The molecule has 23 heavy (non-hydrogen) atoms. The second-order valence-electron chi connectivity index (χ2n) is 5.52. The van der Waals surface area contributed by atoms with Gasteiger partial charge < -0.3 is 15.4 Å². The Kier molecular flexibility index (Phi) is 4.69. The molecule has 1 aromatic heterocycles. The number of anilines is 3. The first kappa shape index (κ1) is 15.3. The molecule has 3 rings (SSSR count). The van der Waals surface area contributed by atoms with Gasteiger partial charge in [-0.3, -0.25) is 0 Å². The van der Waals surface area contributed by atoms with E-state index in [1.54, 1.807) is 12.1 Å². The Hall–Kier alpha value is -2.65. The number of nitrogens with one attached hydrogen (secondary N) is 2. The molecule has 0 bridgehead atoms. The number of aryl methyl sites for hydroxylation is 1. The summed E-state index contributed by atoms with van der Waals surface area (Å²) < 4.78 is 5.60. The highest BCUT2D eigenvalue weighted by Crippen LogP contribution is 2.19. The first-order valence-electron chi connectivity index (χ1n) is 7.71. The number of hydrogen-bond acceptors (Lipinski definition) is 6. The lowest BCUT2D eigenvalue weighted by Crippen LogP contribution is -2.19. The van der Waals surface area contributed by atoms with E-state index in [2.05, 4.69) is 26.7 Å². The van der Waals surface area contributed by atoms with E-state index in [0.29, 0.717) is 11.4 Å². The smallest absolute Gasteiger partial charge is 0.136 e. The molecule has 1 saturated heterocycles. The van der Waals surface area contributed by atoms with Gasteiger partial charge in [0.2, 0.25) is 0 Å². The second-order valence-corrected chi connectivity index (χ2v) is 5.52. The van der Waals surface area contributed by atoms with Crippen LogP contribution in [0.25, 0.3) is 0 Å². The molecule has 1 aromatic carbocycles. The van der Waals surface area contributed by atoms with Crippen LogP contribution in [0.2, 0.25) is 0 Å². The van der Waals surface area contributed by atoms with Crippen LogP contribution < -0.4 is 10.6 Å². The SMILES string of the molecule is Cc1nc(NCC2CCCO2)cc(Nc2ccc(C#N)cc2)n1. The summed E-state index contributed by atoms with van der Waals surface area (Å²) >= 11 is 0. The molecule has 0 saturated carbocycles. The Morgan fingerprint density at radius 1 is 1.26 bits per heavy atom. The monoisotopic (exact) mass is 309 g/mol. The summed E-state index contributed by atoms with van der Waals surface area (Å²) in [6.07, 6.45) is 2.48. The third-order valence-corrected chi connectivity index (χ3v) is 3.66. The van der Waals surface area contributed by atoms with E-state index in [-0.39, 0.29) is 6.10 Å². The maximum Gasteiger partial charge on any atom is 0.136 e. The summed E-state index contributed by atoms with van der Waals surface area (Å²) in [5.41, 5.74) is 1.51. The largest absolute Gasteiger partial charge is 0.376 e. The van der Waals surface area contributed by atoms with Crippen LogP contribution in [0.5, 0.6) is 0 Å². The highest BCUT2D eigenvalue weighted by Gasteiger charge is 2.15. The number of hydrogen-bond donors (Lipinski definition) is 2. The van der Waals surface area contributed by atoms with Gasteiger partial charge in [-0.1, -0.05) is 0 Å². The Morgan fingerprint density at radius 3 is 2.74 bits per heavy atom. The highest BCUT2D eigenvalue weighted by atomic mass is 16.5. The minimum absolute atomic E-state index is 0.264. The van der Waals surface area contributed by atoms with Crippen molar-refractivity contribution in [2.75, 3.05) is 23.8 Å². The molecule has 0 spiro atoms. The van der Waals surface area contributed by atoms with Crippen molar-refractivity contribution in [1.82, 2.24) is 9.97 Å². The van der Waals surface area contributed by atoms with Gasteiger partial charge >= 0.3 is 0 Å². The van der Waals surface area contributed by atoms with Gasteiger partial charge in [-0.05, 0) is 44.0 Å². The molecule has 2 heterocycles. The van der Waals surface area contributed by atoms with E-state index in [9.17, 15) is 0 Å². The van der Waals surface area contributed by atoms with Gasteiger partial charge in [0.05, 0.1) is 17.7 Å². The van der Waals surface area contributed by atoms with Gasteiger partial charge in [-0.2, -0.15) is 5.26 Å². The molecular formula is C17H19N5O. The van der Waals surface area contributed by atoms with Crippen LogP contribution in [-0.2, 0) is 4.74 Å². The molecule has 0 amide bonds. The molecule has 6 nitrogen and oxygen atoms in total. The van der Waals surface area contributed by atoms with Crippen LogP contribution in [0.15, 0.2) is 30.3 Å². The van der Waals surface area contributed by atoms with E-state index >= 15 is 0 Å². The number of ether oxygens (including phenoxy) is 1. The van der Waals surface area contributed by atoms with Gasteiger partial charge in [0.25, 0.3) is 0 Å². The molecule has 1 fully saturated rings. The number of nitrogens with zero attached hydrogens (tertiary/aromatic N) is 3. The van der Waals surface area contributed by atoms with E-state index in [4.69, 9.17) is 10.00 Å². The zero-order valence-electron chi connectivity index (χ0n) is 13.0. The van der Waals surface area contributed by atoms with Crippen molar-refractivity contribution in [1.29, 1.82) is 5.26 Å².